The summed E-state index contributed by atoms with van der Waals surface area (Å²) in [7, 11) is 0. The van der Waals surface area contributed by atoms with Crippen molar-refractivity contribution in [3.63, 3.8) is 0 Å². The quantitative estimate of drug-likeness (QED) is 0.748. The third kappa shape index (κ3) is 3.85. The van der Waals surface area contributed by atoms with Crippen molar-refractivity contribution >= 4 is 43.6 Å². The Morgan fingerprint density at radius 3 is 2.28 bits per heavy atom. The molecule has 18 heavy (non-hydrogen) atoms. The van der Waals surface area contributed by atoms with E-state index in [-0.39, 0.29) is 5.25 Å². The summed E-state index contributed by atoms with van der Waals surface area (Å²) in [6.45, 7) is 0.619. The van der Waals surface area contributed by atoms with Gasteiger partial charge < -0.3 is 5.73 Å². The molecule has 2 aromatic carbocycles. The third-order valence-electron chi connectivity index (χ3n) is 2.51. The van der Waals surface area contributed by atoms with Crippen molar-refractivity contribution in [2.75, 3.05) is 6.54 Å². The van der Waals surface area contributed by atoms with Gasteiger partial charge in [-0.15, -0.1) is 11.8 Å². The van der Waals surface area contributed by atoms with Crippen molar-refractivity contribution in [1.82, 2.24) is 0 Å². The van der Waals surface area contributed by atoms with E-state index < -0.39 is 0 Å². The molecular weight excluding hydrogens is 374 g/mol. The fourth-order valence-corrected chi connectivity index (χ4v) is 3.69. The van der Waals surface area contributed by atoms with E-state index in [1.807, 2.05) is 24.3 Å². The molecule has 0 amide bonds. The lowest BCUT2D eigenvalue weighted by Crippen LogP contribution is -2.09. The standard InChI is InChI=1S/C14H13Br2NS/c15-11-4-1-3-10(7-11)14(9-17)18-13-6-2-5-12(16)8-13/h1-8,14H,9,17H2. The number of nitrogens with two attached hydrogens (primary N) is 1. The Balaban J connectivity index is 2.19. The molecule has 4 heteroatoms. The van der Waals surface area contributed by atoms with Gasteiger partial charge >= 0.3 is 0 Å². The largest absolute Gasteiger partial charge is 0.329 e. The third-order valence-corrected chi connectivity index (χ3v) is 4.77. The van der Waals surface area contributed by atoms with Gasteiger partial charge in [0.2, 0.25) is 0 Å². The average Bonchev–Trinajstić information content (AvgIpc) is 2.36. The van der Waals surface area contributed by atoms with Crippen LogP contribution in [0.3, 0.4) is 0 Å². The van der Waals surface area contributed by atoms with Gasteiger partial charge in [0.15, 0.2) is 0 Å². The van der Waals surface area contributed by atoms with Crippen molar-refractivity contribution in [1.29, 1.82) is 0 Å². The van der Waals surface area contributed by atoms with Gasteiger partial charge in [0, 0.05) is 25.6 Å². The van der Waals surface area contributed by atoms with Crippen molar-refractivity contribution in [3.8, 4) is 0 Å². The van der Waals surface area contributed by atoms with Crippen LogP contribution in [-0.2, 0) is 0 Å². The smallest absolute Gasteiger partial charge is 0.0467 e. The highest BCUT2D eigenvalue weighted by molar-refractivity contribution is 9.10. The molecule has 0 aliphatic heterocycles. The summed E-state index contributed by atoms with van der Waals surface area (Å²) in [5, 5.41) is 0.275. The molecule has 94 valence electrons. The molecular formula is C14H13Br2NS. The Hall–Kier alpha value is -0.290. The number of thioether (sulfide) groups is 1. The number of rotatable bonds is 4. The first kappa shape index (κ1) is 14.1. The molecule has 2 rings (SSSR count). The predicted octanol–water partition coefficient (Wildman–Crippen LogP) is 5.00. The van der Waals surface area contributed by atoms with Gasteiger partial charge in [0.05, 0.1) is 0 Å². The van der Waals surface area contributed by atoms with Crippen LogP contribution in [0.4, 0.5) is 0 Å². The highest BCUT2D eigenvalue weighted by atomic mass is 79.9. The monoisotopic (exact) mass is 385 g/mol. The molecule has 0 radical (unpaired) electrons. The number of halogens is 2. The zero-order valence-corrected chi connectivity index (χ0v) is 13.6. The Labute approximate surface area is 128 Å². The van der Waals surface area contributed by atoms with Crippen LogP contribution in [0.25, 0.3) is 0 Å². The van der Waals surface area contributed by atoms with E-state index in [0.29, 0.717) is 6.54 Å². The summed E-state index contributed by atoms with van der Waals surface area (Å²) in [6, 6.07) is 16.6. The van der Waals surface area contributed by atoms with Crippen molar-refractivity contribution in [2.45, 2.75) is 10.1 Å². The van der Waals surface area contributed by atoms with Gasteiger partial charge in [0.1, 0.15) is 0 Å². The van der Waals surface area contributed by atoms with E-state index in [0.717, 1.165) is 8.95 Å². The second kappa shape index (κ2) is 6.75. The zero-order valence-electron chi connectivity index (χ0n) is 9.64. The van der Waals surface area contributed by atoms with Crippen LogP contribution >= 0.6 is 43.6 Å². The molecule has 2 aromatic rings. The maximum atomic E-state index is 5.89. The minimum absolute atomic E-state index is 0.275. The molecule has 0 saturated carbocycles. The lowest BCUT2D eigenvalue weighted by Gasteiger charge is -2.15. The fraction of sp³-hybridized carbons (Fsp3) is 0.143. The average molecular weight is 387 g/mol. The van der Waals surface area contributed by atoms with Gasteiger partial charge in [-0.05, 0) is 35.9 Å². The molecule has 0 heterocycles. The molecule has 0 bridgehead atoms. The van der Waals surface area contributed by atoms with Crippen LogP contribution in [0.2, 0.25) is 0 Å². The lowest BCUT2D eigenvalue weighted by molar-refractivity contribution is 0.940. The maximum Gasteiger partial charge on any atom is 0.0467 e. The minimum atomic E-state index is 0.275. The first-order chi connectivity index (χ1) is 8.69. The number of benzene rings is 2. The summed E-state index contributed by atoms with van der Waals surface area (Å²) in [4.78, 5) is 1.22. The fourth-order valence-electron chi connectivity index (χ4n) is 1.66. The molecule has 0 saturated heterocycles. The van der Waals surface area contributed by atoms with E-state index in [4.69, 9.17) is 5.73 Å². The molecule has 1 nitrogen and oxygen atoms in total. The molecule has 0 aromatic heterocycles. The Morgan fingerprint density at radius 1 is 1.00 bits per heavy atom. The molecule has 1 unspecified atom stereocenters. The SMILES string of the molecule is NCC(Sc1cccc(Br)c1)c1cccc(Br)c1. The van der Waals surface area contributed by atoms with Crippen LogP contribution in [0.5, 0.6) is 0 Å². The molecule has 1 atom stereocenters. The topological polar surface area (TPSA) is 26.0 Å². The van der Waals surface area contributed by atoms with E-state index >= 15 is 0 Å². The van der Waals surface area contributed by atoms with Gasteiger partial charge in [0.25, 0.3) is 0 Å². The van der Waals surface area contributed by atoms with E-state index in [1.54, 1.807) is 11.8 Å². The highest BCUT2D eigenvalue weighted by Gasteiger charge is 2.11. The summed E-state index contributed by atoms with van der Waals surface area (Å²) in [6.07, 6.45) is 0. The number of hydrogen-bond donors (Lipinski definition) is 1. The second-order valence-electron chi connectivity index (χ2n) is 3.85. The zero-order chi connectivity index (χ0) is 13.0. The van der Waals surface area contributed by atoms with E-state index in [9.17, 15) is 0 Å². The van der Waals surface area contributed by atoms with Crippen LogP contribution in [0.15, 0.2) is 62.4 Å². The van der Waals surface area contributed by atoms with E-state index in [2.05, 4.69) is 56.1 Å². The van der Waals surface area contributed by atoms with Crippen molar-refractivity contribution in [3.05, 3.63) is 63.0 Å². The Morgan fingerprint density at radius 2 is 1.67 bits per heavy atom. The van der Waals surface area contributed by atoms with Gasteiger partial charge in [-0.1, -0.05) is 50.1 Å². The molecule has 0 aliphatic carbocycles. The maximum absolute atomic E-state index is 5.89. The van der Waals surface area contributed by atoms with E-state index in [1.165, 1.54) is 10.5 Å². The molecule has 0 aliphatic rings. The molecule has 2 N–H and O–H groups in total. The first-order valence-electron chi connectivity index (χ1n) is 5.57. The number of hydrogen-bond acceptors (Lipinski definition) is 2. The van der Waals surface area contributed by atoms with Crippen LogP contribution in [0.1, 0.15) is 10.8 Å². The van der Waals surface area contributed by atoms with Crippen molar-refractivity contribution in [2.24, 2.45) is 5.73 Å². The molecule has 0 fully saturated rings. The Kier molecular flexibility index (Phi) is 5.30. The normalized spacial score (nSPS) is 12.4. The second-order valence-corrected chi connectivity index (χ2v) is 6.96. The highest BCUT2D eigenvalue weighted by Crippen LogP contribution is 2.36. The van der Waals surface area contributed by atoms with Crippen LogP contribution < -0.4 is 5.73 Å². The predicted molar refractivity (Wildman–Crippen MR) is 85.9 cm³/mol. The van der Waals surface area contributed by atoms with Crippen LogP contribution in [0, 0.1) is 0 Å². The lowest BCUT2D eigenvalue weighted by atomic mass is 10.1. The van der Waals surface area contributed by atoms with Gasteiger partial charge in [-0.3, -0.25) is 0 Å². The first-order valence-corrected chi connectivity index (χ1v) is 8.03. The summed E-state index contributed by atoms with van der Waals surface area (Å²) < 4.78 is 2.19. The summed E-state index contributed by atoms with van der Waals surface area (Å²) >= 11 is 8.78. The van der Waals surface area contributed by atoms with Gasteiger partial charge in [-0.2, -0.15) is 0 Å². The molecule has 0 spiro atoms. The summed E-state index contributed by atoms with van der Waals surface area (Å²) in [5.74, 6) is 0. The van der Waals surface area contributed by atoms with Crippen molar-refractivity contribution < 1.29 is 0 Å². The van der Waals surface area contributed by atoms with Gasteiger partial charge in [-0.25, -0.2) is 0 Å². The Bertz CT molecular complexity index is 531. The minimum Gasteiger partial charge on any atom is -0.329 e. The van der Waals surface area contributed by atoms with Crippen LogP contribution in [-0.4, -0.2) is 6.54 Å². The summed E-state index contributed by atoms with van der Waals surface area (Å²) in [5.41, 5.74) is 7.14.